The summed E-state index contributed by atoms with van der Waals surface area (Å²) in [4.78, 5) is 14.2. The molecule has 2 saturated heterocycles. The van der Waals surface area contributed by atoms with Gasteiger partial charge in [-0.2, -0.15) is 11.8 Å². The maximum Gasteiger partial charge on any atom is 0.239 e. The lowest BCUT2D eigenvalue weighted by Gasteiger charge is -2.20. The van der Waals surface area contributed by atoms with Crippen LogP contribution in [0.1, 0.15) is 25.7 Å². The molecule has 1 saturated carbocycles. The molecular formula is C12H20N2OS. The second-order valence-electron chi connectivity index (χ2n) is 5.30. The van der Waals surface area contributed by atoms with Crippen LogP contribution in [0, 0.1) is 5.92 Å². The van der Waals surface area contributed by atoms with Crippen molar-refractivity contribution >= 4 is 17.7 Å². The standard InChI is InChI=1S/C12H20N2OS/c15-12-11(13-10-1-2-10)3-5-14(12)7-9-4-6-16-8-9/h9-11,13H,1-8H2. The normalized spacial score (nSPS) is 35.0. The van der Waals surface area contributed by atoms with E-state index >= 15 is 0 Å². The summed E-state index contributed by atoms with van der Waals surface area (Å²) < 4.78 is 0. The summed E-state index contributed by atoms with van der Waals surface area (Å²) in [5.41, 5.74) is 0. The van der Waals surface area contributed by atoms with Crippen molar-refractivity contribution in [1.29, 1.82) is 0 Å². The zero-order valence-corrected chi connectivity index (χ0v) is 10.5. The van der Waals surface area contributed by atoms with Crippen LogP contribution in [0.2, 0.25) is 0 Å². The average molecular weight is 240 g/mol. The minimum atomic E-state index is 0.140. The molecule has 0 aromatic rings. The summed E-state index contributed by atoms with van der Waals surface area (Å²) in [6.45, 7) is 1.99. The second-order valence-corrected chi connectivity index (χ2v) is 6.45. The molecule has 2 atom stereocenters. The molecule has 2 heterocycles. The minimum absolute atomic E-state index is 0.140. The van der Waals surface area contributed by atoms with Crippen molar-refractivity contribution < 1.29 is 4.79 Å². The summed E-state index contributed by atoms with van der Waals surface area (Å²) in [6, 6.07) is 0.789. The monoisotopic (exact) mass is 240 g/mol. The Balaban J connectivity index is 1.50. The van der Waals surface area contributed by atoms with E-state index in [0.717, 1.165) is 25.4 Å². The molecule has 16 heavy (non-hydrogen) atoms. The van der Waals surface area contributed by atoms with Crippen molar-refractivity contribution in [2.24, 2.45) is 5.92 Å². The predicted molar refractivity (Wildman–Crippen MR) is 66.6 cm³/mol. The fourth-order valence-electron chi connectivity index (χ4n) is 2.65. The number of rotatable bonds is 4. The molecule has 1 N–H and O–H groups in total. The SMILES string of the molecule is O=C1C(NC2CC2)CCN1CC1CCSC1. The lowest BCUT2D eigenvalue weighted by Crippen LogP contribution is -2.40. The van der Waals surface area contributed by atoms with Crippen LogP contribution in [0.15, 0.2) is 0 Å². The highest BCUT2D eigenvalue weighted by Crippen LogP contribution is 2.27. The van der Waals surface area contributed by atoms with Crippen LogP contribution in [0.25, 0.3) is 0 Å². The Hall–Kier alpha value is -0.220. The zero-order valence-electron chi connectivity index (χ0n) is 9.65. The molecule has 4 heteroatoms. The van der Waals surface area contributed by atoms with Crippen molar-refractivity contribution in [2.75, 3.05) is 24.6 Å². The molecule has 1 aliphatic carbocycles. The minimum Gasteiger partial charge on any atom is -0.341 e. The van der Waals surface area contributed by atoms with Gasteiger partial charge in [0.15, 0.2) is 0 Å². The molecule has 3 fully saturated rings. The van der Waals surface area contributed by atoms with Crippen molar-refractivity contribution in [3.63, 3.8) is 0 Å². The molecule has 90 valence electrons. The van der Waals surface area contributed by atoms with E-state index in [1.807, 2.05) is 11.8 Å². The van der Waals surface area contributed by atoms with E-state index in [0.29, 0.717) is 11.9 Å². The molecule has 0 aromatic carbocycles. The van der Waals surface area contributed by atoms with Crippen LogP contribution < -0.4 is 5.32 Å². The first kappa shape index (κ1) is 10.9. The lowest BCUT2D eigenvalue weighted by atomic mass is 10.1. The van der Waals surface area contributed by atoms with Gasteiger partial charge in [-0.05, 0) is 43.1 Å². The van der Waals surface area contributed by atoms with Gasteiger partial charge in [0, 0.05) is 19.1 Å². The Kier molecular flexibility index (Phi) is 3.11. The lowest BCUT2D eigenvalue weighted by molar-refractivity contribution is -0.129. The summed E-state index contributed by atoms with van der Waals surface area (Å²) >= 11 is 2.03. The predicted octanol–water partition coefficient (Wildman–Crippen LogP) is 1.09. The van der Waals surface area contributed by atoms with Gasteiger partial charge in [-0.3, -0.25) is 4.79 Å². The first-order chi connectivity index (χ1) is 7.83. The molecule has 3 rings (SSSR count). The molecule has 3 nitrogen and oxygen atoms in total. The van der Waals surface area contributed by atoms with E-state index in [2.05, 4.69) is 10.2 Å². The van der Waals surface area contributed by atoms with Crippen LogP contribution in [0.5, 0.6) is 0 Å². The van der Waals surface area contributed by atoms with Gasteiger partial charge < -0.3 is 10.2 Å². The third-order valence-corrected chi connectivity index (χ3v) is 5.05. The molecule has 0 aromatic heterocycles. The van der Waals surface area contributed by atoms with Crippen molar-refractivity contribution in [2.45, 2.75) is 37.8 Å². The molecule has 0 radical (unpaired) electrons. The fourth-order valence-corrected chi connectivity index (χ4v) is 3.92. The van der Waals surface area contributed by atoms with Crippen LogP contribution in [0.4, 0.5) is 0 Å². The first-order valence-corrected chi connectivity index (χ1v) is 7.61. The number of nitrogens with one attached hydrogen (secondary N) is 1. The van der Waals surface area contributed by atoms with E-state index in [4.69, 9.17) is 0 Å². The molecule has 0 spiro atoms. The van der Waals surface area contributed by atoms with E-state index in [9.17, 15) is 4.79 Å². The fraction of sp³-hybridized carbons (Fsp3) is 0.917. The number of hydrogen-bond donors (Lipinski definition) is 1. The molecule has 0 bridgehead atoms. The van der Waals surface area contributed by atoms with E-state index < -0.39 is 0 Å². The van der Waals surface area contributed by atoms with Crippen molar-refractivity contribution in [3.05, 3.63) is 0 Å². The topological polar surface area (TPSA) is 32.3 Å². The van der Waals surface area contributed by atoms with Gasteiger partial charge in [-0.15, -0.1) is 0 Å². The van der Waals surface area contributed by atoms with Crippen LogP contribution in [0.3, 0.4) is 0 Å². The summed E-state index contributed by atoms with van der Waals surface area (Å²) in [5.74, 6) is 3.67. The number of thioether (sulfide) groups is 1. The van der Waals surface area contributed by atoms with Gasteiger partial charge >= 0.3 is 0 Å². The van der Waals surface area contributed by atoms with Gasteiger partial charge in [-0.25, -0.2) is 0 Å². The Morgan fingerprint density at radius 1 is 1.31 bits per heavy atom. The third-order valence-electron chi connectivity index (χ3n) is 3.81. The quantitative estimate of drug-likeness (QED) is 0.798. The third kappa shape index (κ3) is 2.38. The van der Waals surface area contributed by atoms with Crippen LogP contribution in [-0.2, 0) is 4.79 Å². The largest absolute Gasteiger partial charge is 0.341 e. The highest BCUT2D eigenvalue weighted by Gasteiger charge is 2.36. The Morgan fingerprint density at radius 3 is 2.88 bits per heavy atom. The maximum atomic E-state index is 12.1. The highest BCUT2D eigenvalue weighted by atomic mass is 32.2. The highest BCUT2D eigenvalue weighted by molar-refractivity contribution is 7.99. The van der Waals surface area contributed by atoms with Gasteiger partial charge in [0.05, 0.1) is 6.04 Å². The summed E-state index contributed by atoms with van der Waals surface area (Å²) in [7, 11) is 0. The van der Waals surface area contributed by atoms with E-state index in [1.54, 1.807) is 0 Å². The van der Waals surface area contributed by atoms with E-state index in [-0.39, 0.29) is 6.04 Å². The molecule has 2 aliphatic heterocycles. The Bertz CT molecular complexity index is 274. The van der Waals surface area contributed by atoms with Crippen molar-refractivity contribution in [3.8, 4) is 0 Å². The maximum absolute atomic E-state index is 12.1. The number of carbonyl (C=O) groups excluding carboxylic acids is 1. The van der Waals surface area contributed by atoms with Gasteiger partial charge in [0.1, 0.15) is 0 Å². The molecule has 3 aliphatic rings. The van der Waals surface area contributed by atoms with Gasteiger partial charge in [-0.1, -0.05) is 0 Å². The first-order valence-electron chi connectivity index (χ1n) is 6.45. The molecule has 2 unspecified atom stereocenters. The summed E-state index contributed by atoms with van der Waals surface area (Å²) in [5, 5.41) is 3.46. The molecule has 1 amide bonds. The number of likely N-dealkylation sites (tertiary alicyclic amines) is 1. The Morgan fingerprint density at radius 2 is 2.19 bits per heavy atom. The van der Waals surface area contributed by atoms with Crippen LogP contribution >= 0.6 is 11.8 Å². The van der Waals surface area contributed by atoms with E-state index in [1.165, 1.54) is 30.8 Å². The van der Waals surface area contributed by atoms with Crippen LogP contribution in [-0.4, -0.2) is 47.5 Å². The average Bonchev–Trinajstić information content (AvgIpc) is 2.83. The Labute approximate surface area is 101 Å². The second kappa shape index (κ2) is 4.57. The zero-order chi connectivity index (χ0) is 11.0. The van der Waals surface area contributed by atoms with Gasteiger partial charge in [0.2, 0.25) is 5.91 Å². The summed E-state index contributed by atoms with van der Waals surface area (Å²) in [6.07, 6.45) is 4.86. The van der Waals surface area contributed by atoms with Crippen molar-refractivity contribution in [1.82, 2.24) is 10.2 Å². The number of hydrogen-bond acceptors (Lipinski definition) is 3. The number of nitrogens with zero attached hydrogens (tertiary/aromatic N) is 1. The molecular weight excluding hydrogens is 220 g/mol. The number of amides is 1. The number of carbonyl (C=O) groups is 1. The smallest absolute Gasteiger partial charge is 0.239 e. The van der Waals surface area contributed by atoms with Gasteiger partial charge in [0.25, 0.3) is 0 Å².